The minimum Gasteiger partial charge on any atom is -0.393 e. The molecule has 0 bridgehead atoms. The molecule has 0 aromatic carbocycles. The maximum Gasteiger partial charge on any atom is 0.264 e. The fourth-order valence-corrected chi connectivity index (χ4v) is 1.78. The molecular weight excluding hydrogens is 220 g/mol. The van der Waals surface area contributed by atoms with Gasteiger partial charge < -0.3 is 5.11 Å². The van der Waals surface area contributed by atoms with Gasteiger partial charge in [-0.05, 0) is 19.8 Å². The summed E-state index contributed by atoms with van der Waals surface area (Å²) in [7, 11) is 1.76. The lowest BCUT2D eigenvalue weighted by atomic mass is 10.2. The van der Waals surface area contributed by atoms with Gasteiger partial charge in [0, 0.05) is 13.6 Å². The molecule has 0 saturated heterocycles. The van der Waals surface area contributed by atoms with E-state index < -0.39 is 0 Å². The summed E-state index contributed by atoms with van der Waals surface area (Å²) in [6.07, 6.45) is 4.17. The van der Waals surface area contributed by atoms with E-state index in [0.29, 0.717) is 24.0 Å². The zero-order valence-corrected chi connectivity index (χ0v) is 10.00. The highest BCUT2D eigenvalue weighted by atomic mass is 16.3. The van der Waals surface area contributed by atoms with Crippen molar-refractivity contribution >= 4 is 11.0 Å². The third kappa shape index (κ3) is 2.36. The summed E-state index contributed by atoms with van der Waals surface area (Å²) in [5.41, 5.74) is 0.524. The van der Waals surface area contributed by atoms with E-state index in [4.69, 9.17) is 5.11 Å². The Balaban J connectivity index is 2.24. The number of hydrogen-bond acceptors (Lipinski definition) is 4. The molecule has 1 atom stereocenters. The van der Waals surface area contributed by atoms with Gasteiger partial charge in [-0.1, -0.05) is 0 Å². The molecule has 0 aliphatic carbocycles. The second-order valence-electron chi connectivity index (χ2n) is 4.24. The van der Waals surface area contributed by atoms with Gasteiger partial charge in [-0.2, -0.15) is 5.10 Å². The monoisotopic (exact) mass is 236 g/mol. The Morgan fingerprint density at radius 1 is 1.53 bits per heavy atom. The van der Waals surface area contributed by atoms with Crippen molar-refractivity contribution < 1.29 is 5.11 Å². The molecule has 0 spiro atoms. The Hall–Kier alpha value is -1.69. The molecule has 0 saturated carbocycles. The highest BCUT2D eigenvalue weighted by molar-refractivity contribution is 5.72. The Bertz CT molecular complexity index is 570. The second kappa shape index (κ2) is 4.67. The fourth-order valence-electron chi connectivity index (χ4n) is 1.78. The van der Waals surface area contributed by atoms with Crippen LogP contribution in [0, 0.1) is 0 Å². The number of rotatable bonds is 4. The smallest absolute Gasteiger partial charge is 0.264 e. The van der Waals surface area contributed by atoms with Gasteiger partial charge in [0.2, 0.25) is 0 Å². The van der Waals surface area contributed by atoms with Crippen LogP contribution in [0.3, 0.4) is 0 Å². The molecule has 6 heteroatoms. The van der Waals surface area contributed by atoms with Gasteiger partial charge in [0.15, 0.2) is 5.65 Å². The Morgan fingerprint density at radius 3 is 3.00 bits per heavy atom. The number of aromatic nitrogens is 4. The van der Waals surface area contributed by atoms with E-state index in [9.17, 15) is 4.79 Å². The van der Waals surface area contributed by atoms with Crippen molar-refractivity contribution in [2.24, 2.45) is 7.05 Å². The first-order valence-corrected chi connectivity index (χ1v) is 5.65. The molecule has 1 N–H and O–H groups in total. The van der Waals surface area contributed by atoms with Crippen LogP contribution in [0.15, 0.2) is 17.3 Å². The molecule has 0 radical (unpaired) electrons. The molecule has 2 aromatic heterocycles. The summed E-state index contributed by atoms with van der Waals surface area (Å²) in [6, 6.07) is 0. The molecule has 0 fully saturated rings. The van der Waals surface area contributed by atoms with Crippen LogP contribution in [-0.2, 0) is 13.6 Å². The van der Waals surface area contributed by atoms with Crippen molar-refractivity contribution in [1.29, 1.82) is 0 Å². The van der Waals surface area contributed by atoms with Crippen molar-refractivity contribution in [2.75, 3.05) is 0 Å². The van der Waals surface area contributed by atoms with Crippen LogP contribution in [0.2, 0.25) is 0 Å². The number of nitrogens with zero attached hydrogens (tertiary/aromatic N) is 4. The number of aryl methyl sites for hydroxylation is 2. The SMILES string of the molecule is CC(O)CCCn1cnc2c(cnn2C)c1=O. The summed E-state index contributed by atoms with van der Waals surface area (Å²) in [5.74, 6) is 0. The zero-order chi connectivity index (χ0) is 12.4. The van der Waals surface area contributed by atoms with E-state index in [-0.39, 0.29) is 11.7 Å². The molecular formula is C11H16N4O2. The van der Waals surface area contributed by atoms with Crippen molar-refractivity contribution in [3.8, 4) is 0 Å². The van der Waals surface area contributed by atoms with Gasteiger partial charge in [0.25, 0.3) is 5.56 Å². The van der Waals surface area contributed by atoms with E-state index in [2.05, 4.69) is 10.1 Å². The molecule has 0 aliphatic heterocycles. The molecule has 2 aromatic rings. The van der Waals surface area contributed by atoms with Crippen LogP contribution < -0.4 is 5.56 Å². The Labute approximate surface area is 98.5 Å². The van der Waals surface area contributed by atoms with E-state index in [0.717, 1.165) is 6.42 Å². The second-order valence-corrected chi connectivity index (χ2v) is 4.24. The number of fused-ring (bicyclic) bond motifs is 1. The summed E-state index contributed by atoms with van der Waals surface area (Å²) in [5, 5.41) is 13.7. The number of aliphatic hydroxyl groups is 1. The topological polar surface area (TPSA) is 72.9 Å². The molecule has 1 unspecified atom stereocenters. The van der Waals surface area contributed by atoms with Crippen molar-refractivity contribution in [3.05, 3.63) is 22.9 Å². The van der Waals surface area contributed by atoms with Crippen molar-refractivity contribution in [3.63, 3.8) is 0 Å². The van der Waals surface area contributed by atoms with Gasteiger partial charge >= 0.3 is 0 Å². The summed E-state index contributed by atoms with van der Waals surface area (Å²) in [6.45, 7) is 2.31. The first kappa shape index (κ1) is 11.8. The summed E-state index contributed by atoms with van der Waals surface area (Å²) in [4.78, 5) is 16.2. The largest absolute Gasteiger partial charge is 0.393 e. The summed E-state index contributed by atoms with van der Waals surface area (Å²) < 4.78 is 3.14. The fraction of sp³-hybridized carbons (Fsp3) is 0.545. The third-order valence-corrected chi connectivity index (χ3v) is 2.74. The molecule has 17 heavy (non-hydrogen) atoms. The predicted molar refractivity (Wildman–Crippen MR) is 63.7 cm³/mol. The molecule has 2 heterocycles. The first-order chi connectivity index (χ1) is 8.09. The minimum atomic E-state index is -0.333. The number of hydrogen-bond donors (Lipinski definition) is 1. The van der Waals surface area contributed by atoms with E-state index in [1.807, 2.05) is 0 Å². The van der Waals surface area contributed by atoms with Crippen LogP contribution >= 0.6 is 0 Å². The van der Waals surface area contributed by atoms with Crippen LogP contribution in [0.1, 0.15) is 19.8 Å². The van der Waals surface area contributed by atoms with E-state index in [1.54, 1.807) is 23.2 Å². The van der Waals surface area contributed by atoms with Crippen LogP contribution in [-0.4, -0.2) is 30.5 Å². The molecule has 2 rings (SSSR count). The Morgan fingerprint density at radius 2 is 2.29 bits per heavy atom. The normalized spacial score (nSPS) is 13.1. The Kier molecular flexibility index (Phi) is 3.23. The molecule has 0 aliphatic rings. The van der Waals surface area contributed by atoms with Gasteiger partial charge in [-0.25, -0.2) is 4.98 Å². The van der Waals surface area contributed by atoms with Gasteiger partial charge in [-0.3, -0.25) is 14.0 Å². The van der Waals surface area contributed by atoms with Crippen LogP contribution in [0.5, 0.6) is 0 Å². The molecule has 0 amide bonds. The maximum atomic E-state index is 12.0. The highest BCUT2D eigenvalue weighted by Gasteiger charge is 2.07. The van der Waals surface area contributed by atoms with Gasteiger partial charge in [-0.15, -0.1) is 0 Å². The lowest BCUT2D eigenvalue weighted by Crippen LogP contribution is -2.21. The number of aliphatic hydroxyl groups excluding tert-OH is 1. The first-order valence-electron chi connectivity index (χ1n) is 5.65. The van der Waals surface area contributed by atoms with Crippen LogP contribution in [0.25, 0.3) is 11.0 Å². The molecule has 6 nitrogen and oxygen atoms in total. The van der Waals surface area contributed by atoms with Crippen LogP contribution in [0.4, 0.5) is 0 Å². The average molecular weight is 236 g/mol. The standard InChI is InChI=1S/C11H16N4O2/c1-8(16)4-3-5-15-7-12-10-9(11(15)17)6-13-14(10)2/h6-8,16H,3-5H2,1-2H3. The minimum absolute atomic E-state index is 0.0753. The van der Waals surface area contributed by atoms with Crippen molar-refractivity contribution in [2.45, 2.75) is 32.4 Å². The molecule has 92 valence electrons. The van der Waals surface area contributed by atoms with E-state index in [1.165, 1.54) is 12.5 Å². The zero-order valence-electron chi connectivity index (χ0n) is 10.00. The third-order valence-electron chi connectivity index (χ3n) is 2.74. The lowest BCUT2D eigenvalue weighted by molar-refractivity contribution is 0.179. The maximum absolute atomic E-state index is 12.0. The van der Waals surface area contributed by atoms with Gasteiger partial charge in [0.1, 0.15) is 5.39 Å². The average Bonchev–Trinajstić information content (AvgIpc) is 2.64. The quantitative estimate of drug-likeness (QED) is 0.828. The predicted octanol–water partition coefficient (Wildman–Crippen LogP) is 0.291. The lowest BCUT2D eigenvalue weighted by Gasteiger charge is -2.06. The van der Waals surface area contributed by atoms with E-state index >= 15 is 0 Å². The van der Waals surface area contributed by atoms with Crippen molar-refractivity contribution in [1.82, 2.24) is 19.3 Å². The van der Waals surface area contributed by atoms with Gasteiger partial charge in [0.05, 0.1) is 18.6 Å². The highest BCUT2D eigenvalue weighted by Crippen LogP contribution is 2.04. The summed E-state index contributed by atoms with van der Waals surface area (Å²) >= 11 is 0.